The van der Waals surface area contributed by atoms with Gasteiger partial charge in [-0.1, -0.05) is 0 Å². The molecule has 4 aromatic carbocycles. The standard InChI is InChI=1S/2C14H11.2CH3.2ClH.Sn.Zr/c2*1-10-5-4-8-13-12-7-3-2-6-11(12)9-14(10)13;;;;;;/h2*2-4,6-8H,9H2,1H3;2*1H3;2*1H;;/q;;;;;;;+2/p-2. The maximum absolute atomic E-state index is 2.76. The van der Waals surface area contributed by atoms with Crippen molar-refractivity contribution < 1.29 is 51.0 Å². The van der Waals surface area contributed by atoms with Crippen LogP contribution in [0.2, 0.25) is 9.88 Å². The normalized spacial score (nSPS) is 12.4. The number of benzene rings is 4. The van der Waals surface area contributed by atoms with E-state index in [0.717, 1.165) is 12.8 Å². The van der Waals surface area contributed by atoms with Gasteiger partial charge in [-0.15, -0.1) is 0 Å². The SMILES string of the molecule is Cc1[c]([Sn]([CH3])([CH3])[c]2ccc3c(c2C)Cc2ccccc2-3)ccc2c1Cc1ccccc1-2.[Cl-].[Cl-].[Zr+2]. The van der Waals surface area contributed by atoms with Crippen LogP contribution in [0.25, 0.3) is 22.3 Å². The van der Waals surface area contributed by atoms with Gasteiger partial charge in [-0.2, -0.15) is 0 Å². The third kappa shape index (κ3) is 4.09. The Balaban J connectivity index is 0.00000108. The summed E-state index contributed by atoms with van der Waals surface area (Å²) in [5.41, 5.74) is 15.0. The summed E-state index contributed by atoms with van der Waals surface area (Å²) in [6.07, 6.45) is 2.18. The average Bonchev–Trinajstić information content (AvgIpc) is 3.34. The topological polar surface area (TPSA) is 0 Å². The summed E-state index contributed by atoms with van der Waals surface area (Å²) >= 11 is -2.76. The van der Waals surface area contributed by atoms with Crippen LogP contribution in [0.4, 0.5) is 0 Å². The molecule has 0 amide bonds. The van der Waals surface area contributed by atoms with Crippen LogP contribution < -0.4 is 32.0 Å². The Labute approximate surface area is 239 Å². The molecule has 0 saturated carbocycles. The van der Waals surface area contributed by atoms with Crippen LogP contribution in [0.5, 0.6) is 0 Å². The molecule has 0 aromatic heterocycles. The van der Waals surface area contributed by atoms with Crippen molar-refractivity contribution >= 4 is 25.5 Å². The molecule has 0 heterocycles. The third-order valence-corrected chi connectivity index (χ3v) is 18.7. The fourth-order valence-electron chi connectivity index (χ4n) is 6.23. The van der Waals surface area contributed by atoms with Crippen molar-refractivity contribution in [1.29, 1.82) is 0 Å². The van der Waals surface area contributed by atoms with E-state index in [1.54, 1.807) is 29.4 Å². The van der Waals surface area contributed by atoms with Gasteiger partial charge in [-0.25, -0.2) is 0 Å². The van der Waals surface area contributed by atoms with Gasteiger partial charge in [0.25, 0.3) is 0 Å². The summed E-state index contributed by atoms with van der Waals surface area (Å²) in [6, 6.07) is 27.7. The van der Waals surface area contributed by atoms with Crippen LogP contribution in [0, 0.1) is 13.8 Å². The largest absolute Gasteiger partial charge is 2.00 e. The van der Waals surface area contributed by atoms with Gasteiger partial charge in [-0.3, -0.25) is 0 Å². The zero-order valence-corrected chi connectivity index (χ0v) is 26.9. The van der Waals surface area contributed by atoms with E-state index in [0.29, 0.717) is 0 Å². The first kappa shape index (κ1) is 27.7. The zero-order valence-electron chi connectivity index (χ0n) is 20.1. The van der Waals surface area contributed by atoms with Gasteiger partial charge in [0.1, 0.15) is 0 Å². The molecule has 0 fully saturated rings. The predicted octanol–water partition coefficient (Wildman–Crippen LogP) is 0.274. The molecule has 2 aliphatic rings. The summed E-state index contributed by atoms with van der Waals surface area (Å²) in [6.45, 7) is 4.77. The van der Waals surface area contributed by atoms with Crippen LogP contribution in [0.3, 0.4) is 0 Å². The monoisotopic (exact) mass is 668 g/mol. The van der Waals surface area contributed by atoms with Crippen LogP contribution in [-0.2, 0) is 39.0 Å². The average molecular weight is 669 g/mol. The molecular weight excluding hydrogens is 641 g/mol. The van der Waals surface area contributed by atoms with E-state index in [9.17, 15) is 0 Å². The van der Waals surface area contributed by atoms with Gasteiger partial charge in [0.2, 0.25) is 0 Å². The molecule has 4 aromatic rings. The molecule has 34 heavy (non-hydrogen) atoms. The molecule has 6 rings (SSSR count). The summed E-state index contributed by atoms with van der Waals surface area (Å²) in [4.78, 5) is 5.23. The molecule has 0 N–H and O–H groups in total. The van der Waals surface area contributed by atoms with E-state index >= 15 is 0 Å². The van der Waals surface area contributed by atoms with E-state index in [2.05, 4.69) is 96.5 Å². The predicted molar refractivity (Wildman–Crippen MR) is 136 cm³/mol. The first-order chi connectivity index (χ1) is 15.0. The molecule has 0 aliphatic heterocycles. The van der Waals surface area contributed by atoms with Crippen molar-refractivity contribution in [2.75, 3.05) is 0 Å². The number of fused-ring (bicyclic) bond motifs is 6. The molecule has 4 heteroatoms. The Morgan fingerprint density at radius 3 is 1.32 bits per heavy atom. The van der Waals surface area contributed by atoms with Gasteiger partial charge in [0.05, 0.1) is 0 Å². The maximum Gasteiger partial charge on any atom is 2.00 e. The Bertz CT molecular complexity index is 1290. The summed E-state index contributed by atoms with van der Waals surface area (Å²) < 4.78 is 3.33. The number of halogens is 2. The van der Waals surface area contributed by atoms with Crippen molar-refractivity contribution in [3.05, 3.63) is 106 Å². The number of hydrogen-bond acceptors (Lipinski definition) is 0. The molecule has 0 nitrogen and oxygen atoms in total. The van der Waals surface area contributed by atoms with Crippen LogP contribution in [-0.4, -0.2) is 18.4 Å². The second-order valence-electron chi connectivity index (χ2n) is 9.82. The van der Waals surface area contributed by atoms with Gasteiger partial charge < -0.3 is 24.8 Å². The Hall–Kier alpha value is -0.858. The van der Waals surface area contributed by atoms with Crippen molar-refractivity contribution in [3.8, 4) is 22.3 Å². The second kappa shape index (κ2) is 10.3. The van der Waals surface area contributed by atoms with Crippen LogP contribution in [0.1, 0.15) is 33.4 Å². The third-order valence-electron chi connectivity index (χ3n) is 7.89. The van der Waals surface area contributed by atoms with Gasteiger partial charge in [-0.05, 0) is 0 Å². The fraction of sp³-hybridized carbons (Fsp3) is 0.200. The van der Waals surface area contributed by atoms with Crippen molar-refractivity contribution in [2.45, 2.75) is 36.6 Å². The van der Waals surface area contributed by atoms with E-state index < -0.39 is 18.4 Å². The number of hydrogen-bond donors (Lipinski definition) is 0. The zero-order chi connectivity index (χ0) is 21.3. The van der Waals surface area contributed by atoms with Crippen LogP contribution >= 0.6 is 0 Å². The van der Waals surface area contributed by atoms with Crippen molar-refractivity contribution in [2.24, 2.45) is 0 Å². The van der Waals surface area contributed by atoms with Crippen LogP contribution in [0.15, 0.2) is 72.8 Å². The molecule has 0 spiro atoms. The first-order valence-corrected chi connectivity index (χ1v) is 20.0. The molecular formula is C30H28Cl2SnZr. The van der Waals surface area contributed by atoms with E-state index in [1.807, 2.05) is 0 Å². The smallest absolute Gasteiger partial charge is 1.00 e. The van der Waals surface area contributed by atoms with Gasteiger partial charge in [0.15, 0.2) is 0 Å². The molecule has 2 aliphatic carbocycles. The van der Waals surface area contributed by atoms with Gasteiger partial charge in [0, 0.05) is 0 Å². The summed E-state index contributed by atoms with van der Waals surface area (Å²) in [5, 5.41) is 0. The minimum absolute atomic E-state index is 0. The maximum atomic E-state index is 2.61. The molecule has 0 unspecified atom stereocenters. The number of rotatable bonds is 2. The quantitative estimate of drug-likeness (QED) is 0.233. The van der Waals surface area contributed by atoms with Crippen molar-refractivity contribution in [3.63, 3.8) is 0 Å². The van der Waals surface area contributed by atoms with E-state index in [1.165, 1.54) is 33.4 Å². The fourth-order valence-corrected chi connectivity index (χ4v) is 16.1. The van der Waals surface area contributed by atoms with Gasteiger partial charge >= 0.3 is 217 Å². The molecule has 0 radical (unpaired) electrons. The Morgan fingerprint density at radius 2 is 0.912 bits per heavy atom. The molecule has 0 saturated heterocycles. The molecule has 0 atom stereocenters. The minimum atomic E-state index is -2.76. The molecule has 170 valence electrons. The van der Waals surface area contributed by atoms with E-state index in [-0.39, 0.29) is 51.0 Å². The first-order valence-electron chi connectivity index (χ1n) is 11.4. The second-order valence-corrected chi connectivity index (χ2v) is 22.2. The van der Waals surface area contributed by atoms with E-state index in [4.69, 9.17) is 0 Å². The molecule has 0 bridgehead atoms. The summed E-state index contributed by atoms with van der Waals surface area (Å²) in [5.74, 6) is 0. The Morgan fingerprint density at radius 1 is 0.529 bits per heavy atom. The minimum Gasteiger partial charge on any atom is -1.00 e. The summed E-state index contributed by atoms with van der Waals surface area (Å²) in [7, 11) is 0. The van der Waals surface area contributed by atoms with Crippen molar-refractivity contribution in [1.82, 2.24) is 0 Å². The Kier molecular flexibility index (Phi) is 8.36.